The number of carboxylic acids is 1. The van der Waals surface area contributed by atoms with Crippen LogP contribution in [0, 0.1) is 6.92 Å². The van der Waals surface area contributed by atoms with Gasteiger partial charge in [0.1, 0.15) is 10.4 Å². The van der Waals surface area contributed by atoms with Gasteiger partial charge in [-0.15, -0.1) is 0 Å². The lowest BCUT2D eigenvalue weighted by Gasteiger charge is -2.33. The van der Waals surface area contributed by atoms with Crippen LogP contribution in [0.3, 0.4) is 0 Å². The van der Waals surface area contributed by atoms with E-state index in [1.807, 2.05) is 0 Å². The number of rotatable bonds is 4. The summed E-state index contributed by atoms with van der Waals surface area (Å²) in [6.07, 6.45) is 4.17. The minimum Gasteiger partial charge on any atom is -0.480 e. The number of H-pyrrole nitrogens is 1. The minimum atomic E-state index is -3.88. The molecule has 1 aliphatic rings. The van der Waals surface area contributed by atoms with Gasteiger partial charge in [-0.05, 0) is 19.8 Å². The molecule has 1 heterocycles. The maximum atomic E-state index is 12.3. The monoisotopic (exact) mass is 287 g/mol. The Kier molecular flexibility index (Phi) is 3.64. The molecule has 0 amide bonds. The summed E-state index contributed by atoms with van der Waals surface area (Å²) in [7, 11) is -3.88. The Morgan fingerprint density at radius 2 is 2.05 bits per heavy atom. The first-order chi connectivity index (χ1) is 8.87. The normalized spacial score (nSPS) is 19.2. The highest BCUT2D eigenvalue weighted by Gasteiger charge is 2.43. The maximum Gasteiger partial charge on any atom is 0.324 e. The lowest BCUT2D eigenvalue weighted by molar-refractivity contribution is -0.145. The lowest BCUT2D eigenvalue weighted by Crippen LogP contribution is -2.55. The number of aryl methyl sites for hydroxylation is 1. The van der Waals surface area contributed by atoms with Crippen molar-refractivity contribution in [3.63, 3.8) is 0 Å². The van der Waals surface area contributed by atoms with Crippen molar-refractivity contribution in [1.29, 1.82) is 0 Å². The summed E-state index contributed by atoms with van der Waals surface area (Å²) >= 11 is 0. The second-order valence-corrected chi connectivity index (χ2v) is 6.56. The summed E-state index contributed by atoms with van der Waals surface area (Å²) in [5, 5.41) is 15.6. The molecule has 1 fully saturated rings. The van der Waals surface area contributed by atoms with Gasteiger partial charge >= 0.3 is 5.97 Å². The number of hydrogen-bond acceptors (Lipinski definition) is 4. The van der Waals surface area contributed by atoms with Gasteiger partial charge in [0.25, 0.3) is 0 Å². The van der Waals surface area contributed by atoms with Crippen LogP contribution in [0.15, 0.2) is 11.1 Å². The highest BCUT2D eigenvalue weighted by atomic mass is 32.2. The van der Waals surface area contributed by atoms with Crippen molar-refractivity contribution in [3.05, 3.63) is 11.9 Å². The van der Waals surface area contributed by atoms with Crippen LogP contribution in [0.1, 0.15) is 37.8 Å². The van der Waals surface area contributed by atoms with Crippen molar-refractivity contribution in [2.24, 2.45) is 0 Å². The molecule has 0 radical (unpaired) electrons. The molecule has 0 bridgehead atoms. The molecule has 0 unspecified atom stereocenters. The molecular formula is C11H17N3O4S. The molecule has 0 saturated heterocycles. The molecule has 1 aliphatic carbocycles. The largest absolute Gasteiger partial charge is 0.480 e. The Balaban J connectivity index is 2.32. The molecule has 0 spiro atoms. The van der Waals surface area contributed by atoms with Crippen LogP contribution in [0.4, 0.5) is 0 Å². The fraction of sp³-hybridized carbons (Fsp3) is 0.636. The van der Waals surface area contributed by atoms with E-state index >= 15 is 0 Å². The quantitative estimate of drug-likeness (QED) is 0.757. The van der Waals surface area contributed by atoms with Gasteiger partial charge in [0.05, 0.1) is 11.9 Å². The number of aromatic amines is 1. The number of hydrogen-bond donors (Lipinski definition) is 3. The first-order valence-electron chi connectivity index (χ1n) is 6.15. The van der Waals surface area contributed by atoms with Crippen molar-refractivity contribution in [1.82, 2.24) is 14.9 Å². The summed E-state index contributed by atoms with van der Waals surface area (Å²) in [6, 6.07) is 0. The van der Waals surface area contributed by atoms with Crippen LogP contribution >= 0.6 is 0 Å². The number of nitrogens with one attached hydrogen (secondary N) is 2. The van der Waals surface area contributed by atoms with E-state index < -0.39 is 21.5 Å². The summed E-state index contributed by atoms with van der Waals surface area (Å²) in [5.74, 6) is -1.11. The molecule has 0 aromatic carbocycles. The van der Waals surface area contributed by atoms with Gasteiger partial charge in [-0.25, -0.2) is 8.42 Å². The summed E-state index contributed by atoms with van der Waals surface area (Å²) < 4.78 is 26.9. The summed E-state index contributed by atoms with van der Waals surface area (Å²) in [4.78, 5) is 11.5. The smallest absolute Gasteiger partial charge is 0.324 e. The number of aromatic nitrogens is 2. The molecule has 1 aromatic rings. The molecule has 3 N–H and O–H groups in total. The fourth-order valence-corrected chi connectivity index (χ4v) is 3.99. The second kappa shape index (κ2) is 4.93. The van der Waals surface area contributed by atoms with Crippen LogP contribution < -0.4 is 4.72 Å². The van der Waals surface area contributed by atoms with Crippen LogP contribution in [0.25, 0.3) is 0 Å². The molecule has 8 heteroatoms. The third-order valence-corrected chi connectivity index (χ3v) is 5.17. The second-order valence-electron chi connectivity index (χ2n) is 4.91. The Labute approximate surface area is 111 Å². The van der Waals surface area contributed by atoms with E-state index in [-0.39, 0.29) is 4.90 Å². The lowest BCUT2D eigenvalue weighted by atomic mass is 9.83. The number of carboxylic acid groups (broad SMARTS) is 1. The molecule has 106 valence electrons. The third-order valence-electron chi connectivity index (χ3n) is 3.52. The molecule has 7 nitrogen and oxygen atoms in total. The average Bonchev–Trinajstić information content (AvgIpc) is 2.77. The van der Waals surface area contributed by atoms with E-state index in [1.54, 1.807) is 6.92 Å². The molecule has 1 aromatic heterocycles. The van der Waals surface area contributed by atoms with E-state index in [1.165, 1.54) is 6.20 Å². The zero-order chi connectivity index (χ0) is 14.1. The molecule has 1 saturated carbocycles. The fourth-order valence-electron chi connectivity index (χ4n) is 2.44. The predicted molar refractivity (Wildman–Crippen MR) is 67.1 cm³/mol. The zero-order valence-electron chi connectivity index (χ0n) is 10.6. The highest BCUT2D eigenvalue weighted by molar-refractivity contribution is 7.89. The Hall–Kier alpha value is -1.41. The number of sulfonamides is 1. The van der Waals surface area contributed by atoms with E-state index in [2.05, 4.69) is 14.9 Å². The van der Waals surface area contributed by atoms with E-state index in [0.29, 0.717) is 31.4 Å². The number of carbonyl (C=O) groups is 1. The third kappa shape index (κ3) is 2.64. The van der Waals surface area contributed by atoms with Gasteiger partial charge in [-0.2, -0.15) is 9.82 Å². The van der Waals surface area contributed by atoms with E-state index in [4.69, 9.17) is 0 Å². The maximum absolute atomic E-state index is 12.3. The van der Waals surface area contributed by atoms with Crippen molar-refractivity contribution < 1.29 is 18.3 Å². The first kappa shape index (κ1) is 14.0. The van der Waals surface area contributed by atoms with Gasteiger partial charge in [-0.1, -0.05) is 19.3 Å². The molecule has 0 aliphatic heterocycles. The van der Waals surface area contributed by atoms with Crippen molar-refractivity contribution >= 4 is 16.0 Å². The Morgan fingerprint density at radius 1 is 1.42 bits per heavy atom. The minimum absolute atomic E-state index is 0.00121. The SMILES string of the molecule is Cc1[nH]ncc1S(=O)(=O)NC1(C(=O)O)CCCCC1. The Morgan fingerprint density at radius 3 is 2.53 bits per heavy atom. The number of aliphatic carboxylic acids is 1. The standard InChI is InChI=1S/C11H17N3O4S/c1-8-9(7-12-13-8)19(17,18)14-11(10(15)16)5-3-2-4-6-11/h7,14H,2-6H2,1H3,(H,12,13)(H,15,16). The van der Waals surface area contributed by atoms with Gasteiger partial charge in [0.2, 0.25) is 10.0 Å². The van der Waals surface area contributed by atoms with Crippen molar-refractivity contribution in [3.8, 4) is 0 Å². The van der Waals surface area contributed by atoms with E-state index in [9.17, 15) is 18.3 Å². The predicted octanol–water partition coefficient (Wildman–Crippen LogP) is 0.784. The number of nitrogens with zero attached hydrogens (tertiary/aromatic N) is 1. The molecule has 2 rings (SSSR count). The van der Waals surface area contributed by atoms with Crippen molar-refractivity contribution in [2.45, 2.75) is 49.5 Å². The first-order valence-corrected chi connectivity index (χ1v) is 7.63. The van der Waals surface area contributed by atoms with Gasteiger partial charge < -0.3 is 5.11 Å². The van der Waals surface area contributed by atoms with E-state index in [0.717, 1.165) is 6.42 Å². The van der Waals surface area contributed by atoms with Crippen LogP contribution in [-0.2, 0) is 14.8 Å². The van der Waals surface area contributed by atoms with Crippen LogP contribution in [0.2, 0.25) is 0 Å². The molecule has 19 heavy (non-hydrogen) atoms. The molecular weight excluding hydrogens is 270 g/mol. The van der Waals surface area contributed by atoms with Crippen molar-refractivity contribution in [2.75, 3.05) is 0 Å². The Bertz CT molecular complexity index is 573. The topological polar surface area (TPSA) is 112 Å². The van der Waals surface area contributed by atoms with Gasteiger partial charge in [0.15, 0.2) is 0 Å². The zero-order valence-corrected chi connectivity index (χ0v) is 11.5. The summed E-state index contributed by atoms with van der Waals surface area (Å²) in [5.41, 5.74) is -0.996. The van der Waals surface area contributed by atoms with Gasteiger partial charge in [-0.3, -0.25) is 9.89 Å². The molecule has 0 atom stereocenters. The highest BCUT2D eigenvalue weighted by Crippen LogP contribution is 2.30. The van der Waals surface area contributed by atoms with Crippen LogP contribution in [-0.4, -0.2) is 35.2 Å². The summed E-state index contributed by atoms with van der Waals surface area (Å²) in [6.45, 7) is 1.58. The van der Waals surface area contributed by atoms with Gasteiger partial charge in [0, 0.05) is 0 Å². The average molecular weight is 287 g/mol. The van der Waals surface area contributed by atoms with Crippen LogP contribution in [0.5, 0.6) is 0 Å².